The molecule has 0 bridgehead atoms. The Morgan fingerprint density at radius 3 is 2.80 bits per heavy atom. The van der Waals surface area contributed by atoms with Crippen molar-refractivity contribution in [1.82, 2.24) is 0 Å². The summed E-state index contributed by atoms with van der Waals surface area (Å²) in [6.07, 6.45) is -0.0906. The number of hydrogen-bond donors (Lipinski definition) is 0. The van der Waals surface area contributed by atoms with Gasteiger partial charge in [-0.15, -0.1) is 0 Å². The van der Waals surface area contributed by atoms with Crippen LogP contribution in [0.25, 0.3) is 0 Å². The zero-order chi connectivity index (χ0) is 13.9. The van der Waals surface area contributed by atoms with Gasteiger partial charge in [0, 0.05) is 13.0 Å². The fourth-order valence-electron chi connectivity index (χ4n) is 3.14. The van der Waals surface area contributed by atoms with Crippen LogP contribution in [-0.2, 0) is 25.6 Å². The maximum Gasteiger partial charge on any atom is 0.163 e. The Bertz CT molecular complexity index is 422. The summed E-state index contributed by atoms with van der Waals surface area (Å²) in [4.78, 5) is 0. The van der Waals surface area contributed by atoms with E-state index < -0.39 is 0 Å². The maximum absolute atomic E-state index is 5.91. The van der Waals surface area contributed by atoms with Gasteiger partial charge in [0.1, 0.15) is 6.10 Å². The van der Waals surface area contributed by atoms with Gasteiger partial charge >= 0.3 is 0 Å². The van der Waals surface area contributed by atoms with Crippen LogP contribution >= 0.6 is 0 Å². The molecule has 2 aliphatic heterocycles. The van der Waals surface area contributed by atoms with Crippen LogP contribution in [-0.4, -0.2) is 38.8 Å². The number of fused-ring (bicyclic) bond motifs is 1. The molecule has 2 aliphatic rings. The minimum absolute atomic E-state index is 0.0291. The highest BCUT2D eigenvalue weighted by molar-refractivity contribution is 5.13. The third-order valence-electron chi connectivity index (χ3n) is 4.20. The van der Waals surface area contributed by atoms with Gasteiger partial charge in [-0.2, -0.15) is 0 Å². The fraction of sp³-hybridized carbons (Fsp3) is 0.625. The molecular formula is C16H22O4. The summed E-state index contributed by atoms with van der Waals surface area (Å²) in [7, 11) is 1.69. The molecule has 0 radical (unpaired) electrons. The minimum atomic E-state index is -0.164. The number of rotatable bonds is 5. The van der Waals surface area contributed by atoms with Crippen LogP contribution < -0.4 is 0 Å². The molecule has 110 valence electrons. The zero-order valence-electron chi connectivity index (χ0n) is 12.0. The van der Waals surface area contributed by atoms with Crippen LogP contribution in [0.3, 0.4) is 0 Å². The smallest absolute Gasteiger partial charge is 0.163 e. The highest BCUT2D eigenvalue weighted by Gasteiger charge is 2.51. The number of hydrogen-bond acceptors (Lipinski definition) is 4. The molecular weight excluding hydrogens is 256 g/mol. The van der Waals surface area contributed by atoms with E-state index >= 15 is 0 Å². The monoisotopic (exact) mass is 278 g/mol. The molecule has 0 amide bonds. The largest absolute Gasteiger partial charge is 0.375 e. The van der Waals surface area contributed by atoms with Gasteiger partial charge < -0.3 is 18.9 Å². The Balaban J connectivity index is 1.53. The molecule has 0 saturated carbocycles. The fourth-order valence-corrected chi connectivity index (χ4v) is 3.14. The van der Waals surface area contributed by atoms with E-state index in [2.05, 4.69) is 19.1 Å². The first-order valence-electron chi connectivity index (χ1n) is 7.21. The minimum Gasteiger partial charge on any atom is -0.375 e. The highest BCUT2D eigenvalue weighted by Crippen LogP contribution is 2.40. The van der Waals surface area contributed by atoms with Crippen LogP contribution in [0, 0.1) is 11.8 Å². The van der Waals surface area contributed by atoms with Gasteiger partial charge in [-0.1, -0.05) is 37.3 Å². The summed E-state index contributed by atoms with van der Waals surface area (Å²) >= 11 is 0. The molecule has 1 aromatic carbocycles. The first-order chi connectivity index (χ1) is 9.79. The number of benzene rings is 1. The van der Waals surface area contributed by atoms with Crippen molar-refractivity contribution in [2.75, 3.05) is 20.3 Å². The summed E-state index contributed by atoms with van der Waals surface area (Å²) in [5.41, 5.74) is 1.17. The van der Waals surface area contributed by atoms with Crippen molar-refractivity contribution in [2.24, 2.45) is 11.8 Å². The molecule has 2 fully saturated rings. The van der Waals surface area contributed by atoms with Gasteiger partial charge in [-0.25, -0.2) is 0 Å². The van der Waals surface area contributed by atoms with Crippen LogP contribution in [0.2, 0.25) is 0 Å². The van der Waals surface area contributed by atoms with E-state index in [0.717, 1.165) is 6.61 Å². The van der Waals surface area contributed by atoms with Crippen LogP contribution in [0.15, 0.2) is 30.3 Å². The Morgan fingerprint density at radius 2 is 2.05 bits per heavy atom. The second-order valence-corrected chi connectivity index (χ2v) is 5.63. The predicted molar refractivity (Wildman–Crippen MR) is 74.2 cm³/mol. The van der Waals surface area contributed by atoms with Crippen molar-refractivity contribution >= 4 is 0 Å². The van der Waals surface area contributed by atoms with E-state index in [9.17, 15) is 0 Å². The highest BCUT2D eigenvalue weighted by atomic mass is 16.7. The molecule has 5 unspecified atom stereocenters. The normalized spacial score (nSPS) is 36.2. The lowest BCUT2D eigenvalue weighted by Gasteiger charge is -2.17. The quantitative estimate of drug-likeness (QED) is 0.827. The number of ether oxygens (including phenoxy) is 4. The van der Waals surface area contributed by atoms with Gasteiger partial charge in [0.25, 0.3) is 0 Å². The first kappa shape index (κ1) is 14.0. The lowest BCUT2D eigenvalue weighted by atomic mass is 9.92. The van der Waals surface area contributed by atoms with Gasteiger partial charge in [0.2, 0.25) is 0 Å². The van der Waals surface area contributed by atoms with E-state index in [1.807, 2.05) is 18.2 Å². The first-order valence-corrected chi connectivity index (χ1v) is 7.21. The van der Waals surface area contributed by atoms with E-state index in [1.165, 1.54) is 5.56 Å². The van der Waals surface area contributed by atoms with Gasteiger partial charge in [0.15, 0.2) is 6.29 Å². The lowest BCUT2D eigenvalue weighted by Crippen LogP contribution is -2.29. The average molecular weight is 278 g/mol. The molecule has 3 rings (SSSR count). The molecule has 0 aromatic heterocycles. The van der Waals surface area contributed by atoms with E-state index in [1.54, 1.807) is 7.11 Å². The Hall–Kier alpha value is -0.940. The molecule has 0 aliphatic carbocycles. The third kappa shape index (κ3) is 2.74. The summed E-state index contributed by atoms with van der Waals surface area (Å²) in [6.45, 7) is 4.12. The van der Waals surface area contributed by atoms with Crippen molar-refractivity contribution in [3.63, 3.8) is 0 Å². The third-order valence-corrected chi connectivity index (χ3v) is 4.20. The van der Waals surface area contributed by atoms with Crippen LogP contribution in [0.5, 0.6) is 0 Å². The van der Waals surface area contributed by atoms with Crippen molar-refractivity contribution < 1.29 is 18.9 Å². The summed E-state index contributed by atoms with van der Waals surface area (Å²) < 4.78 is 23.0. The second-order valence-electron chi connectivity index (χ2n) is 5.63. The van der Waals surface area contributed by atoms with Crippen molar-refractivity contribution in [1.29, 1.82) is 0 Å². The molecule has 2 saturated heterocycles. The maximum atomic E-state index is 5.91. The Morgan fingerprint density at radius 1 is 1.25 bits per heavy atom. The van der Waals surface area contributed by atoms with Gasteiger partial charge in [-0.3, -0.25) is 0 Å². The van der Waals surface area contributed by atoms with E-state index in [0.29, 0.717) is 25.0 Å². The van der Waals surface area contributed by atoms with E-state index in [-0.39, 0.29) is 18.5 Å². The van der Waals surface area contributed by atoms with E-state index in [4.69, 9.17) is 18.9 Å². The lowest BCUT2D eigenvalue weighted by molar-refractivity contribution is -0.155. The Labute approximate surface area is 120 Å². The summed E-state index contributed by atoms with van der Waals surface area (Å²) in [5, 5.41) is 0. The van der Waals surface area contributed by atoms with Crippen molar-refractivity contribution in [2.45, 2.75) is 32.0 Å². The Kier molecular flexibility index (Phi) is 4.36. The van der Waals surface area contributed by atoms with Crippen LogP contribution in [0.4, 0.5) is 0 Å². The molecule has 20 heavy (non-hydrogen) atoms. The summed E-state index contributed by atoms with van der Waals surface area (Å²) in [5.74, 6) is 0.800. The molecule has 1 aromatic rings. The predicted octanol–water partition coefficient (Wildman–Crippen LogP) is 2.23. The standard InChI is InChI=1S/C16H22O4/c1-11-8-19-15-13(20-16(17-2)14(11)15)10-18-9-12-6-4-3-5-7-12/h3-7,11,13-16H,8-10H2,1-2H3. The second kappa shape index (κ2) is 6.22. The SMILES string of the molecule is COC1OC(COCc2ccccc2)C2OCC(C)C12. The molecule has 4 nitrogen and oxygen atoms in total. The van der Waals surface area contributed by atoms with Crippen LogP contribution in [0.1, 0.15) is 12.5 Å². The molecule has 2 heterocycles. The molecule has 0 spiro atoms. The zero-order valence-corrected chi connectivity index (χ0v) is 12.0. The molecule has 0 N–H and O–H groups in total. The number of methoxy groups -OCH3 is 1. The average Bonchev–Trinajstić information content (AvgIpc) is 3.02. The summed E-state index contributed by atoms with van der Waals surface area (Å²) in [6, 6.07) is 10.2. The molecule has 5 atom stereocenters. The van der Waals surface area contributed by atoms with Crippen molar-refractivity contribution in [3.05, 3.63) is 35.9 Å². The molecule has 4 heteroatoms. The topological polar surface area (TPSA) is 36.9 Å². The van der Waals surface area contributed by atoms with Crippen molar-refractivity contribution in [3.8, 4) is 0 Å². The van der Waals surface area contributed by atoms with Gasteiger partial charge in [0.05, 0.1) is 25.9 Å². The van der Waals surface area contributed by atoms with Gasteiger partial charge in [-0.05, 0) is 11.5 Å².